The van der Waals surface area contributed by atoms with Crippen molar-refractivity contribution in [1.82, 2.24) is 15.6 Å². The van der Waals surface area contributed by atoms with Crippen LogP contribution in [0, 0.1) is 6.92 Å². The van der Waals surface area contributed by atoms with Crippen molar-refractivity contribution in [2.24, 2.45) is 0 Å². The molecule has 1 aromatic heterocycles. The van der Waals surface area contributed by atoms with Gasteiger partial charge in [0.15, 0.2) is 0 Å². The number of pyridine rings is 1. The summed E-state index contributed by atoms with van der Waals surface area (Å²) in [6, 6.07) is 1.16. The van der Waals surface area contributed by atoms with Gasteiger partial charge < -0.3 is 21.1 Å². The SMILES string of the molecule is Cc1ccncc1NC(=O)NCC(=O)NCC(=O)O. The standard InChI is InChI=1S/C11H14N4O4/c1-7-2-3-12-4-8(7)15-11(19)14-5-9(16)13-6-10(17)18/h2-4H,5-6H2,1H3,(H,13,16)(H,17,18)(H2,14,15,19). The number of aromatic nitrogens is 1. The lowest BCUT2D eigenvalue weighted by molar-refractivity contribution is -0.137. The molecule has 8 nitrogen and oxygen atoms in total. The van der Waals surface area contributed by atoms with Crippen molar-refractivity contribution in [2.75, 3.05) is 18.4 Å². The van der Waals surface area contributed by atoms with Gasteiger partial charge in [0, 0.05) is 6.20 Å². The highest BCUT2D eigenvalue weighted by molar-refractivity contribution is 5.93. The molecule has 4 N–H and O–H groups in total. The van der Waals surface area contributed by atoms with Crippen molar-refractivity contribution in [1.29, 1.82) is 0 Å². The van der Waals surface area contributed by atoms with E-state index in [4.69, 9.17) is 5.11 Å². The van der Waals surface area contributed by atoms with E-state index in [1.165, 1.54) is 6.20 Å². The van der Waals surface area contributed by atoms with Gasteiger partial charge in [-0.1, -0.05) is 0 Å². The Morgan fingerprint density at radius 3 is 2.63 bits per heavy atom. The van der Waals surface area contributed by atoms with Crippen LogP contribution in [0.15, 0.2) is 18.5 Å². The van der Waals surface area contributed by atoms with Gasteiger partial charge in [0.05, 0.1) is 18.4 Å². The summed E-state index contributed by atoms with van der Waals surface area (Å²) in [5.41, 5.74) is 1.37. The number of anilines is 1. The molecule has 1 aromatic rings. The van der Waals surface area contributed by atoms with E-state index in [9.17, 15) is 14.4 Å². The first kappa shape index (κ1) is 14.4. The van der Waals surface area contributed by atoms with Crippen LogP contribution >= 0.6 is 0 Å². The Hall–Kier alpha value is -2.64. The average molecular weight is 266 g/mol. The van der Waals surface area contributed by atoms with Crippen molar-refractivity contribution in [3.63, 3.8) is 0 Å². The van der Waals surface area contributed by atoms with Gasteiger partial charge in [0.2, 0.25) is 5.91 Å². The molecule has 19 heavy (non-hydrogen) atoms. The quantitative estimate of drug-likeness (QED) is 0.583. The highest BCUT2D eigenvalue weighted by Crippen LogP contribution is 2.10. The molecule has 0 unspecified atom stereocenters. The average Bonchev–Trinajstić information content (AvgIpc) is 2.36. The molecule has 0 bridgehead atoms. The molecule has 1 rings (SSSR count). The first-order valence-electron chi connectivity index (χ1n) is 5.43. The number of carboxylic acids is 1. The van der Waals surface area contributed by atoms with Crippen molar-refractivity contribution >= 4 is 23.6 Å². The largest absolute Gasteiger partial charge is 0.480 e. The monoisotopic (exact) mass is 266 g/mol. The van der Waals surface area contributed by atoms with E-state index in [-0.39, 0.29) is 6.54 Å². The van der Waals surface area contributed by atoms with Crippen LogP contribution < -0.4 is 16.0 Å². The summed E-state index contributed by atoms with van der Waals surface area (Å²) in [5, 5.41) is 15.3. The summed E-state index contributed by atoms with van der Waals surface area (Å²) < 4.78 is 0. The van der Waals surface area contributed by atoms with Crippen molar-refractivity contribution in [2.45, 2.75) is 6.92 Å². The molecule has 0 saturated heterocycles. The Morgan fingerprint density at radius 1 is 1.26 bits per heavy atom. The van der Waals surface area contributed by atoms with Gasteiger partial charge in [-0.2, -0.15) is 0 Å². The summed E-state index contributed by atoms with van der Waals surface area (Å²) in [4.78, 5) is 36.7. The topological polar surface area (TPSA) is 120 Å². The van der Waals surface area contributed by atoms with E-state index in [0.29, 0.717) is 5.69 Å². The maximum Gasteiger partial charge on any atom is 0.322 e. The normalized spacial score (nSPS) is 9.53. The van der Waals surface area contributed by atoms with Crippen molar-refractivity contribution in [3.8, 4) is 0 Å². The predicted octanol–water partition coefficient (Wildman–Crippen LogP) is -0.288. The van der Waals surface area contributed by atoms with Gasteiger partial charge in [-0.15, -0.1) is 0 Å². The lowest BCUT2D eigenvalue weighted by atomic mass is 10.2. The second-order valence-corrected chi connectivity index (χ2v) is 3.67. The molecule has 0 atom stereocenters. The summed E-state index contributed by atoms with van der Waals surface area (Å²) >= 11 is 0. The number of carbonyl (C=O) groups is 3. The Labute approximate surface area is 109 Å². The molecule has 0 spiro atoms. The molecule has 8 heteroatoms. The van der Waals surface area contributed by atoms with Crippen LogP contribution in [0.25, 0.3) is 0 Å². The third kappa shape index (κ3) is 5.48. The van der Waals surface area contributed by atoms with Gasteiger partial charge in [-0.25, -0.2) is 4.79 Å². The predicted molar refractivity (Wildman–Crippen MR) is 66.6 cm³/mol. The Bertz CT molecular complexity index is 489. The number of carboxylic acid groups (broad SMARTS) is 1. The van der Waals surface area contributed by atoms with Crippen LogP contribution in [0.4, 0.5) is 10.5 Å². The molecule has 0 saturated carbocycles. The number of amides is 3. The van der Waals surface area contributed by atoms with E-state index in [2.05, 4.69) is 20.9 Å². The molecular formula is C11H14N4O4. The van der Waals surface area contributed by atoms with Crippen molar-refractivity contribution in [3.05, 3.63) is 24.0 Å². The maximum atomic E-state index is 11.5. The lowest BCUT2D eigenvalue weighted by Gasteiger charge is -2.08. The minimum atomic E-state index is -1.15. The Balaban J connectivity index is 2.34. The number of carbonyl (C=O) groups excluding carboxylic acids is 2. The van der Waals surface area contributed by atoms with Crippen LogP contribution in [-0.4, -0.2) is 41.1 Å². The number of rotatable bonds is 5. The second-order valence-electron chi connectivity index (χ2n) is 3.67. The highest BCUT2D eigenvalue weighted by atomic mass is 16.4. The first-order valence-corrected chi connectivity index (χ1v) is 5.43. The summed E-state index contributed by atoms with van der Waals surface area (Å²) in [5.74, 6) is -1.73. The summed E-state index contributed by atoms with van der Waals surface area (Å²) in [6.45, 7) is 1.01. The molecule has 0 fully saturated rings. The van der Waals surface area contributed by atoms with E-state index >= 15 is 0 Å². The molecule has 102 valence electrons. The van der Waals surface area contributed by atoms with Gasteiger partial charge in [0.25, 0.3) is 0 Å². The molecule has 0 radical (unpaired) electrons. The van der Waals surface area contributed by atoms with Crippen molar-refractivity contribution < 1.29 is 19.5 Å². The van der Waals surface area contributed by atoms with E-state index in [0.717, 1.165) is 5.56 Å². The van der Waals surface area contributed by atoms with Crippen LogP contribution in [0.2, 0.25) is 0 Å². The fourth-order valence-corrected chi connectivity index (χ4v) is 1.16. The zero-order valence-corrected chi connectivity index (χ0v) is 10.3. The smallest absolute Gasteiger partial charge is 0.322 e. The van der Waals surface area contributed by atoms with Crippen LogP contribution in [0.3, 0.4) is 0 Å². The highest BCUT2D eigenvalue weighted by Gasteiger charge is 2.07. The first-order chi connectivity index (χ1) is 8.99. The molecular weight excluding hydrogens is 252 g/mol. The molecule has 0 aliphatic rings. The fraction of sp³-hybridized carbons (Fsp3) is 0.273. The second kappa shape index (κ2) is 6.94. The molecule has 0 aliphatic carbocycles. The third-order valence-corrected chi connectivity index (χ3v) is 2.13. The number of aryl methyl sites for hydroxylation is 1. The number of aliphatic carboxylic acids is 1. The van der Waals surface area contributed by atoms with Crippen LogP contribution in [-0.2, 0) is 9.59 Å². The minimum absolute atomic E-state index is 0.307. The van der Waals surface area contributed by atoms with Gasteiger partial charge in [-0.3, -0.25) is 14.6 Å². The Kier molecular flexibility index (Phi) is 5.27. The van der Waals surface area contributed by atoms with Gasteiger partial charge >= 0.3 is 12.0 Å². The number of hydrogen-bond donors (Lipinski definition) is 4. The molecule has 1 heterocycles. The van der Waals surface area contributed by atoms with E-state index < -0.39 is 24.5 Å². The minimum Gasteiger partial charge on any atom is -0.480 e. The zero-order valence-electron chi connectivity index (χ0n) is 10.3. The third-order valence-electron chi connectivity index (χ3n) is 2.13. The lowest BCUT2D eigenvalue weighted by Crippen LogP contribution is -2.40. The number of nitrogens with zero attached hydrogens (tertiary/aromatic N) is 1. The maximum absolute atomic E-state index is 11.5. The van der Waals surface area contributed by atoms with Crippen LogP contribution in [0.5, 0.6) is 0 Å². The Morgan fingerprint density at radius 2 is 2.00 bits per heavy atom. The fourth-order valence-electron chi connectivity index (χ4n) is 1.16. The molecule has 3 amide bonds. The van der Waals surface area contributed by atoms with Crippen LogP contribution in [0.1, 0.15) is 5.56 Å². The van der Waals surface area contributed by atoms with E-state index in [1.54, 1.807) is 19.2 Å². The number of nitrogens with one attached hydrogen (secondary N) is 3. The van der Waals surface area contributed by atoms with E-state index in [1.807, 2.05) is 0 Å². The number of urea groups is 1. The summed E-state index contributed by atoms with van der Waals surface area (Å²) in [6.07, 6.45) is 3.08. The zero-order chi connectivity index (χ0) is 14.3. The van der Waals surface area contributed by atoms with Gasteiger partial charge in [-0.05, 0) is 18.6 Å². The van der Waals surface area contributed by atoms with Gasteiger partial charge in [0.1, 0.15) is 6.54 Å². The summed E-state index contributed by atoms with van der Waals surface area (Å²) in [7, 11) is 0. The molecule has 0 aromatic carbocycles. The number of hydrogen-bond acceptors (Lipinski definition) is 4. The molecule has 0 aliphatic heterocycles.